The summed E-state index contributed by atoms with van der Waals surface area (Å²) in [6, 6.07) is 7.37. The van der Waals surface area contributed by atoms with Crippen molar-refractivity contribution in [3.63, 3.8) is 0 Å². The maximum atomic E-state index is 6.01. The molecule has 2 atom stereocenters. The molecule has 1 N–H and O–H groups in total. The summed E-state index contributed by atoms with van der Waals surface area (Å²) >= 11 is 0. The van der Waals surface area contributed by atoms with E-state index in [0.29, 0.717) is 12.0 Å². The average molecular weight is 259 g/mol. The van der Waals surface area contributed by atoms with Gasteiger partial charge in [0.1, 0.15) is 5.75 Å². The summed E-state index contributed by atoms with van der Waals surface area (Å²) in [7, 11) is 2.11. The molecule has 2 heteroatoms. The molecule has 2 unspecified atom stereocenters. The first-order chi connectivity index (χ1) is 9.40. The third-order valence-corrected chi connectivity index (χ3v) is 4.75. The highest BCUT2D eigenvalue weighted by molar-refractivity contribution is 5.45. The number of ether oxygens (including phenoxy) is 1. The van der Waals surface area contributed by atoms with E-state index in [1.54, 1.807) is 0 Å². The fourth-order valence-electron chi connectivity index (χ4n) is 3.73. The predicted molar refractivity (Wildman–Crippen MR) is 78.9 cm³/mol. The van der Waals surface area contributed by atoms with Gasteiger partial charge in [0, 0.05) is 12.0 Å². The van der Waals surface area contributed by atoms with E-state index in [1.807, 2.05) is 0 Å². The number of hydrogen-bond acceptors (Lipinski definition) is 2. The van der Waals surface area contributed by atoms with Crippen molar-refractivity contribution < 1.29 is 4.74 Å². The van der Waals surface area contributed by atoms with Gasteiger partial charge in [0.2, 0.25) is 0 Å². The zero-order valence-corrected chi connectivity index (χ0v) is 12.0. The van der Waals surface area contributed by atoms with Crippen molar-refractivity contribution in [1.82, 2.24) is 5.32 Å². The second-order valence-corrected chi connectivity index (χ2v) is 5.93. The fourth-order valence-corrected chi connectivity index (χ4v) is 3.73. The summed E-state index contributed by atoms with van der Waals surface area (Å²) in [5, 5.41) is 3.54. The van der Waals surface area contributed by atoms with Crippen molar-refractivity contribution in [2.75, 3.05) is 13.7 Å². The molecule has 1 aliphatic carbocycles. The molecule has 0 bridgehead atoms. The number of fused-ring (bicyclic) bond motifs is 1. The normalized spacial score (nSPS) is 27.2. The highest BCUT2D eigenvalue weighted by atomic mass is 16.5. The molecule has 19 heavy (non-hydrogen) atoms. The van der Waals surface area contributed by atoms with Gasteiger partial charge in [-0.25, -0.2) is 0 Å². The molecule has 0 aromatic heterocycles. The summed E-state index contributed by atoms with van der Waals surface area (Å²) < 4.78 is 6.01. The van der Waals surface area contributed by atoms with E-state index in [0.717, 1.165) is 13.0 Å². The van der Waals surface area contributed by atoms with E-state index in [2.05, 4.69) is 30.6 Å². The lowest BCUT2D eigenvalue weighted by atomic mass is 9.85. The molecular formula is C17H25NO. The second kappa shape index (κ2) is 5.96. The number of hydrogen-bond donors (Lipinski definition) is 1. The largest absolute Gasteiger partial charge is 0.493 e. The van der Waals surface area contributed by atoms with E-state index >= 15 is 0 Å². The van der Waals surface area contributed by atoms with Gasteiger partial charge in [0.05, 0.1) is 6.61 Å². The topological polar surface area (TPSA) is 21.3 Å². The molecular weight excluding hydrogens is 234 g/mol. The van der Waals surface area contributed by atoms with Crippen LogP contribution < -0.4 is 10.1 Å². The van der Waals surface area contributed by atoms with Crippen LogP contribution in [-0.2, 0) is 6.42 Å². The Bertz CT molecular complexity index is 429. The number of rotatable bonds is 2. The van der Waals surface area contributed by atoms with Crippen molar-refractivity contribution in [1.29, 1.82) is 0 Å². The molecule has 1 aromatic carbocycles. The van der Waals surface area contributed by atoms with Crippen molar-refractivity contribution in [2.45, 2.75) is 56.9 Å². The van der Waals surface area contributed by atoms with Crippen LogP contribution >= 0.6 is 0 Å². The molecule has 0 amide bonds. The summed E-state index contributed by atoms with van der Waals surface area (Å²) in [5.41, 5.74) is 2.88. The van der Waals surface area contributed by atoms with Crippen molar-refractivity contribution in [3.05, 3.63) is 29.3 Å². The van der Waals surface area contributed by atoms with Gasteiger partial charge in [-0.3, -0.25) is 0 Å². The Kier molecular flexibility index (Phi) is 4.07. The lowest BCUT2D eigenvalue weighted by molar-refractivity contribution is 0.280. The van der Waals surface area contributed by atoms with Crippen LogP contribution in [0.1, 0.15) is 55.6 Å². The second-order valence-electron chi connectivity index (χ2n) is 5.93. The summed E-state index contributed by atoms with van der Waals surface area (Å²) in [6.45, 7) is 0.890. The van der Waals surface area contributed by atoms with Crippen LogP contribution in [-0.4, -0.2) is 19.7 Å². The minimum atomic E-state index is 0.611. The molecule has 2 nitrogen and oxygen atoms in total. The van der Waals surface area contributed by atoms with Crippen LogP contribution in [0.3, 0.4) is 0 Å². The van der Waals surface area contributed by atoms with Crippen LogP contribution in [0.4, 0.5) is 0 Å². The molecule has 1 aromatic rings. The first kappa shape index (κ1) is 13.0. The van der Waals surface area contributed by atoms with Crippen molar-refractivity contribution >= 4 is 0 Å². The van der Waals surface area contributed by atoms with Gasteiger partial charge < -0.3 is 10.1 Å². The highest BCUT2D eigenvalue weighted by Crippen LogP contribution is 2.40. The quantitative estimate of drug-likeness (QED) is 0.819. The van der Waals surface area contributed by atoms with Crippen LogP contribution in [0.25, 0.3) is 0 Å². The number of aryl methyl sites for hydroxylation is 1. The average Bonchev–Trinajstić information content (AvgIpc) is 2.71. The van der Waals surface area contributed by atoms with E-state index in [4.69, 9.17) is 4.74 Å². The molecule has 1 saturated carbocycles. The zero-order chi connectivity index (χ0) is 13.1. The Hall–Kier alpha value is -1.02. The van der Waals surface area contributed by atoms with Crippen LogP contribution in [0, 0.1) is 0 Å². The molecule has 0 saturated heterocycles. The third-order valence-electron chi connectivity index (χ3n) is 4.75. The fraction of sp³-hybridized carbons (Fsp3) is 0.647. The zero-order valence-electron chi connectivity index (χ0n) is 12.0. The Morgan fingerprint density at radius 1 is 1.11 bits per heavy atom. The Balaban J connectivity index is 1.95. The minimum Gasteiger partial charge on any atom is -0.493 e. The molecule has 1 heterocycles. The minimum absolute atomic E-state index is 0.611. The van der Waals surface area contributed by atoms with Crippen LogP contribution in [0.2, 0.25) is 0 Å². The van der Waals surface area contributed by atoms with E-state index in [-0.39, 0.29) is 0 Å². The predicted octanol–water partition coefficient (Wildman–Crippen LogP) is 3.65. The van der Waals surface area contributed by atoms with E-state index < -0.39 is 0 Å². The van der Waals surface area contributed by atoms with E-state index in [9.17, 15) is 0 Å². The molecule has 3 rings (SSSR count). The molecule has 104 valence electrons. The molecule has 1 fully saturated rings. The van der Waals surface area contributed by atoms with Gasteiger partial charge in [-0.05, 0) is 43.9 Å². The van der Waals surface area contributed by atoms with E-state index in [1.165, 1.54) is 55.4 Å². The van der Waals surface area contributed by atoms with Crippen LogP contribution in [0.5, 0.6) is 5.75 Å². The standard InChI is InChI=1S/C17H25NO/c1-18-16-11-4-2-3-9-14(16)15-10-5-7-13-8-6-12-19-17(13)15/h5,7,10,14,16,18H,2-4,6,8-9,11-12H2,1H3. The smallest absolute Gasteiger partial charge is 0.126 e. The van der Waals surface area contributed by atoms with Gasteiger partial charge in [0.15, 0.2) is 0 Å². The molecule has 2 aliphatic rings. The van der Waals surface area contributed by atoms with Gasteiger partial charge in [0.25, 0.3) is 0 Å². The Labute approximate surface area is 116 Å². The highest BCUT2D eigenvalue weighted by Gasteiger charge is 2.28. The lowest BCUT2D eigenvalue weighted by Gasteiger charge is -2.29. The Morgan fingerprint density at radius 2 is 2.00 bits per heavy atom. The van der Waals surface area contributed by atoms with Crippen LogP contribution in [0.15, 0.2) is 18.2 Å². The van der Waals surface area contributed by atoms with Gasteiger partial charge >= 0.3 is 0 Å². The Morgan fingerprint density at radius 3 is 2.89 bits per heavy atom. The number of nitrogens with one attached hydrogen (secondary N) is 1. The lowest BCUT2D eigenvalue weighted by Crippen LogP contribution is -2.31. The van der Waals surface area contributed by atoms with Crippen molar-refractivity contribution in [3.8, 4) is 5.75 Å². The maximum Gasteiger partial charge on any atom is 0.126 e. The van der Waals surface area contributed by atoms with Gasteiger partial charge in [-0.2, -0.15) is 0 Å². The van der Waals surface area contributed by atoms with Gasteiger partial charge in [-0.15, -0.1) is 0 Å². The number of para-hydroxylation sites is 1. The summed E-state index contributed by atoms with van der Waals surface area (Å²) in [4.78, 5) is 0. The molecule has 1 aliphatic heterocycles. The number of benzene rings is 1. The summed E-state index contributed by atoms with van der Waals surface area (Å²) in [5.74, 6) is 1.83. The maximum absolute atomic E-state index is 6.01. The van der Waals surface area contributed by atoms with Gasteiger partial charge in [-0.1, -0.05) is 37.5 Å². The first-order valence-electron chi connectivity index (χ1n) is 7.82. The van der Waals surface area contributed by atoms with Crippen molar-refractivity contribution in [2.24, 2.45) is 0 Å². The monoisotopic (exact) mass is 259 g/mol. The SMILES string of the molecule is CNC1CCCCCC1c1cccc2c1OCCC2. The third kappa shape index (κ3) is 2.64. The molecule has 0 spiro atoms. The first-order valence-corrected chi connectivity index (χ1v) is 7.82. The number of likely N-dealkylation sites (N-methyl/N-ethyl adjacent to an activating group) is 1. The molecule has 0 radical (unpaired) electrons. The summed E-state index contributed by atoms with van der Waals surface area (Å²) in [6.07, 6.45) is 9.03.